The third-order valence-electron chi connectivity index (χ3n) is 1.99. The molecule has 0 amide bonds. The molecule has 0 radical (unpaired) electrons. The standard InChI is InChI=1S/C12H18BrN/c1-12(2,3)9-10(13)8-11-6-4-5-7-14-11/h4-7,10H,8-9H2,1-3H3. The lowest BCUT2D eigenvalue weighted by Crippen LogP contribution is -2.15. The molecule has 1 unspecified atom stereocenters. The zero-order valence-electron chi connectivity index (χ0n) is 9.13. The van der Waals surface area contributed by atoms with Crippen LogP contribution in [0.5, 0.6) is 0 Å². The van der Waals surface area contributed by atoms with Gasteiger partial charge in [-0.2, -0.15) is 0 Å². The third kappa shape index (κ3) is 4.75. The molecular formula is C12H18BrN. The molecular weight excluding hydrogens is 238 g/mol. The van der Waals surface area contributed by atoms with Gasteiger partial charge in [-0.05, 0) is 24.0 Å². The molecule has 1 heterocycles. The Morgan fingerprint density at radius 3 is 2.57 bits per heavy atom. The van der Waals surface area contributed by atoms with Crippen molar-refractivity contribution in [2.75, 3.05) is 0 Å². The highest BCUT2D eigenvalue weighted by molar-refractivity contribution is 9.09. The van der Waals surface area contributed by atoms with Crippen molar-refractivity contribution in [3.05, 3.63) is 30.1 Å². The number of hydrogen-bond acceptors (Lipinski definition) is 1. The molecule has 1 atom stereocenters. The Hall–Kier alpha value is -0.370. The van der Waals surface area contributed by atoms with E-state index in [0.717, 1.165) is 6.42 Å². The zero-order chi connectivity index (χ0) is 10.6. The molecule has 0 saturated heterocycles. The summed E-state index contributed by atoms with van der Waals surface area (Å²) in [5, 5.41) is 0. The maximum atomic E-state index is 4.32. The summed E-state index contributed by atoms with van der Waals surface area (Å²) in [6, 6.07) is 6.08. The van der Waals surface area contributed by atoms with Crippen LogP contribution in [-0.4, -0.2) is 9.81 Å². The quantitative estimate of drug-likeness (QED) is 0.749. The van der Waals surface area contributed by atoms with E-state index in [1.807, 2.05) is 18.3 Å². The molecule has 1 aromatic rings. The van der Waals surface area contributed by atoms with Crippen LogP contribution in [0.1, 0.15) is 32.9 Å². The van der Waals surface area contributed by atoms with E-state index in [4.69, 9.17) is 0 Å². The molecule has 0 aliphatic heterocycles. The molecule has 0 fully saturated rings. The van der Waals surface area contributed by atoms with E-state index in [0.29, 0.717) is 10.2 Å². The van der Waals surface area contributed by atoms with Gasteiger partial charge in [0.2, 0.25) is 0 Å². The lowest BCUT2D eigenvalue weighted by molar-refractivity contribution is 0.373. The van der Waals surface area contributed by atoms with Crippen LogP contribution in [0.25, 0.3) is 0 Å². The van der Waals surface area contributed by atoms with Crippen LogP contribution in [0, 0.1) is 5.41 Å². The predicted molar refractivity (Wildman–Crippen MR) is 64.7 cm³/mol. The minimum absolute atomic E-state index is 0.378. The Labute approximate surface area is 95.1 Å². The highest BCUT2D eigenvalue weighted by atomic mass is 79.9. The molecule has 0 saturated carbocycles. The van der Waals surface area contributed by atoms with Gasteiger partial charge >= 0.3 is 0 Å². The molecule has 78 valence electrons. The van der Waals surface area contributed by atoms with E-state index in [2.05, 4.69) is 47.8 Å². The van der Waals surface area contributed by atoms with Gasteiger partial charge in [0, 0.05) is 23.1 Å². The molecule has 0 bridgehead atoms. The van der Waals surface area contributed by atoms with Crippen molar-refractivity contribution in [3.8, 4) is 0 Å². The molecule has 0 aliphatic rings. The molecule has 14 heavy (non-hydrogen) atoms. The van der Waals surface area contributed by atoms with E-state index in [-0.39, 0.29) is 0 Å². The van der Waals surface area contributed by atoms with Crippen LogP contribution in [0.15, 0.2) is 24.4 Å². The van der Waals surface area contributed by atoms with Crippen molar-refractivity contribution in [2.24, 2.45) is 5.41 Å². The van der Waals surface area contributed by atoms with Gasteiger partial charge in [-0.25, -0.2) is 0 Å². The van der Waals surface area contributed by atoms with Crippen molar-refractivity contribution in [1.29, 1.82) is 0 Å². The number of nitrogens with zero attached hydrogens (tertiary/aromatic N) is 1. The minimum atomic E-state index is 0.378. The first-order valence-electron chi connectivity index (χ1n) is 5.01. The summed E-state index contributed by atoms with van der Waals surface area (Å²) in [6.07, 6.45) is 4.04. The van der Waals surface area contributed by atoms with Gasteiger partial charge in [0.05, 0.1) is 0 Å². The lowest BCUT2D eigenvalue weighted by atomic mass is 9.89. The van der Waals surface area contributed by atoms with E-state index < -0.39 is 0 Å². The topological polar surface area (TPSA) is 12.9 Å². The van der Waals surface area contributed by atoms with Crippen molar-refractivity contribution < 1.29 is 0 Å². The summed E-state index contributed by atoms with van der Waals surface area (Å²) in [5.41, 5.74) is 1.54. The van der Waals surface area contributed by atoms with Gasteiger partial charge in [0.25, 0.3) is 0 Å². The lowest BCUT2D eigenvalue weighted by Gasteiger charge is -2.21. The first-order chi connectivity index (χ1) is 6.47. The van der Waals surface area contributed by atoms with Crippen molar-refractivity contribution in [1.82, 2.24) is 4.98 Å². The van der Waals surface area contributed by atoms with Crippen LogP contribution in [0.2, 0.25) is 0 Å². The molecule has 0 aromatic carbocycles. The van der Waals surface area contributed by atoms with Gasteiger partial charge < -0.3 is 0 Å². The SMILES string of the molecule is CC(C)(C)CC(Br)Cc1ccccn1. The maximum absolute atomic E-state index is 4.32. The summed E-state index contributed by atoms with van der Waals surface area (Å²) in [6.45, 7) is 6.79. The summed E-state index contributed by atoms with van der Waals surface area (Å²) in [4.78, 5) is 4.84. The Bertz CT molecular complexity index is 263. The van der Waals surface area contributed by atoms with Crippen LogP contribution in [-0.2, 0) is 6.42 Å². The van der Waals surface area contributed by atoms with Crippen LogP contribution < -0.4 is 0 Å². The molecule has 1 nitrogen and oxygen atoms in total. The molecule has 1 rings (SSSR count). The second-order valence-corrected chi connectivity index (χ2v) is 6.18. The summed E-state index contributed by atoms with van der Waals surface area (Å²) in [7, 11) is 0. The third-order valence-corrected chi connectivity index (χ3v) is 2.64. The smallest absolute Gasteiger partial charge is 0.0414 e. The summed E-state index contributed by atoms with van der Waals surface area (Å²) in [5.74, 6) is 0. The molecule has 1 aromatic heterocycles. The Kier molecular flexibility index (Phi) is 4.11. The first kappa shape index (κ1) is 11.7. The zero-order valence-corrected chi connectivity index (χ0v) is 10.7. The molecule has 0 N–H and O–H groups in total. The van der Waals surface area contributed by atoms with Crippen molar-refractivity contribution >= 4 is 15.9 Å². The Morgan fingerprint density at radius 2 is 2.07 bits per heavy atom. The summed E-state index contributed by atoms with van der Waals surface area (Å²) >= 11 is 3.71. The minimum Gasteiger partial charge on any atom is -0.261 e. The average Bonchev–Trinajstić information content (AvgIpc) is 2.02. The predicted octanol–water partition coefficient (Wildman–Crippen LogP) is 3.82. The van der Waals surface area contributed by atoms with Crippen LogP contribution in [0.4, 0.5) is 0 Å². The number of pyridine rings is 1. The van der Waals surface area contributed by atoms with Gasteiger partial charge in [-0.1, -0.05) is 42.8 Å². The molecule has 0 aliphatic carbocycles. The summed E-state index contributed by atoms with van der Waals surface area (Å²) < 4.78 is 0. The second kappa shape index (κ2) is 4.92. The van der Waals surface area contributed by atoms with E-state index in [1.54, 1.807) is 0 Å². The van der Waals surface area contributed by atoms with Crippen molar-refractivity contribution in [3.63, 3.8) is 0 Å². The average molecular weight is 256 g/mol. The molecule has 0 spiro atoms. The number of alkyl halides is 1. The monoisotopic (exact) mass is 255 g/mol. The van der Waals surface area contributed by atoms with E-state index in [1.165, 1.54) is 12.1 Å². The highest BCUT2D eigenvalue weighted by Crippen LogP contribution is 2.26. The van der Waals surface area contributed by atoms with Gasteiger partial charge in [-0.15, -0.1) is 0 Å². The number of aromatic nitrogens is 1. The number of halogens is 1. The second-order valence-electron chi connectivity index (χ2n) is 4.89. The van der Waals surface area contributed by atoms with Crippen LogP contribution in [0.3, 0.4) is 0 Å². The Balaban J connectivity index is 2.46. The fraction of sp³-hybridized carbons (Fsp3) is 0.583. The van der Waals surface area contributed by atoms with Gasteiger partial charge in [0.1, 0.15) is 0 Å². The largest absolute Gasteiger partial charge is 0.261 e. The van der Waals surface area contributed by atoms with Gasteiger partial charge in [0.15, 0.2) is 0 Å². The molecule has 2 heteroatoms. The normalized spacial score (nSPS) is 14.0. The fourth-order valence-corrected chi connectivity index (χ4v) is 2.79. The first-order valence-corrected chi connectivity index (χ1v) is 5.93. The van der Waals surface area contributed by atoms with Crippen LogP contribution >= 0.6 is 15.9 Å². The Morgan fingerprint density at radius 1 is 1.36 bits per heavy atom. The maximum Gasteiger partial charge on any atom is 0.0414 e. The number of rotatable bonds is 3. The number of hydrogen-bond donors (Lipinski definition) is 0. The van der Waals surface area contributed by atoms with E-state index >= 15 is 0 Å². The highest BCUT2D eigenvalue weighted by Gasteiger charge is 2.16. The van der Waals surface area contributed by atoms with E-state index in [9.17, 15) is 0 Å². The fourth-order valence-electron chi connectivity index (χ4n) is 1.48. The van der Waals surface area contributed by atoms with Crippen molar-refractivity contribution in [2.45, 2.75) is 38.4 Å². The van der Waals surface area contributed by atoms with Gasteiger partial charge in [-0.3, -0.25) is 4.98 Å².